The average Bonchev–Trinajstić information content (AvgIpc) is 3.61. The van der Waals surface area contributed by atoms with Crippen molar-refractivity contribution < 1.29 is 5.11 Å². The molecule has 33 heavy (non-hydrogen) atoms. The Balaban J connectivity index is 1.60. The molecular formula is C29H37N3O. The zero-order valence-corrected chi connectivity index (χ0v) is 20.2. The van der Waals surface area contributed by atoms with E-state index in [-0.39, 0.29) is 11.6 Å². The van der Waals surface area contributed by atoms with Crippen LogP contribution in [0, 0.1) is 25.2 Å². The number of aliphatic hydroxyl groups is 1. The molecule has 4 rings (SSSR count). The molecule has 1 aliphatic carbocycles. The molecular weight excluding hydrogens is 406 g/mol. The minimum atomic E-state index is -0.0610. The van der Waals surface area contributed by atoms with Crippen LogP contribution in [0.3, 0.4) is 0 Å². The summed E-state index contributed by atoms with van der Waals surface area (Å²) >= 11 is 0. The van der Waals surface area contributed by atoms with Crippen LogP contribution in [0.1, 0.15) is 60.8 Å². The maximum atomic E-state index is 11.0. The lowest BCUT2D eigenvalue weighted by molar-refractivity contribution is 0.209. The quantitative estimate of drug-likeness (QED) is 0.248. The fraction of sp³-hybridized carbons (Fsp3) is 0.414. The molecule has 0 bridgehead atoms. The zero-order chi connectivity index (χ0) is 23.5. The summed E-state index contributed by atoms with van der Waals surface area (Å²) in [5.41, 5.74) is 14.7. The van der Waals surface area contributed by atoms with E-state index in [1.54, 1.807) is 0 Å². The van der Waals surface area contributed by atoms with E-state index in [1.165, 1.54) is 40.7 Å². The first-order valence-corrected chi connectivity index (χ1v) is 12.2. The number of nitrogens with one attached hydrogen (secondary N) is 1. The molecule has 0 unspecified atom stereocenters. The highest BCUT2D eigenvalue weighted by Gasteiger charge is 2.23. The topological polar surface area (TPSA) is 73.3 Å². The van der Waals surface area contributed by atoms with Gasteiger partial charge in [0.25, 0.3) is 0 Å². The Hall–Kier alpha value is -2.85. The first kappa shape index (κ1) is 23.3. The molecule has 2 aromatic carbocycles. The van der Waals surface area contributed by atoms with Gasteiger partial charge in [0.1, 0.15) is 11.6 Å². The third-order valence-electron chi connectivity index (χ3n) is 7.23. The summed E-state index contributed by atoms with van der Waals surface area (Å²) in [5.74, 6) is 0.922. The smallest absolute Gasteiger partial charge is 0.126 e. The Bertz CT molecular complexity index is 1080. The van der Waals surface area contributed by atoms with E-state index in [0.29, 0.717) is 12.0 Å². The van der Waals surface area contributed by atoms with Crippen LogP contribution >= 0.6 is 0 Å². The number of rotatable bonds is 8. The van der Waals surface area contributed by atoms with Crippen LogP contribution in [0.15, 0.2) is 48.2 Å². The number of hydrogen-bond acceptors (Lipinski definition) is 3. The predicted molar refractivity (Wildman–Crippen MR) is 139 cm³/mol. The molecule has 1 aliphatic heterocycles. The zero-order valence-electron chi connectivity index (χ0n) is 20.2. The molecule has 0 atom stereocenters. The standard InChI is InChI=1S/C29H37N3O/c1-19-6-4-7-20(2)27(19)23-12-13-24(25(18-23)22-10-11-22)28(29(30)31)26(33)9-5-8-21-14-16-32(3)17-15-21/h4,6-7,10,12-13,18,21,33H,5,8-9,11,14-17H2,1-3H3,(H3,30,31)/b28-26+. The highest BCUT2D eigenvalue weighted by atomic mass is 16.3. The summed E-state index contributed by atoms with van der Waals surface area (Å²) in [6, 6.07) is 12.7. The molecule has 1 saturated heterocycles. The molecule has 0 radical (unpaired) electrons. The number of likely N-dealkylation sites (tertiary alicyclic amines) is 1. The van der Waals surface area contributed by atoms with E-state index < -0.39 is 0 Å². The van der Waals surface area contributed by atoms with E-state index in [4.69, 9.17) is 11.1 Å². The van der Waals surface area contributed by atoms with Crippen LogP contribution in [-0.4, -0.2) is 36.0 Å². The van der Waals surface area contributed by atoms with Crippen molar-refractivity contribution in [2.24, 2.45) is 11.7 Å². The summed E-state index contributed by atoms with van der Waals surface area (Å²) in [4.78, 5) is 2.39. The Morgan fingerprint density at radius 3 is 2.39 bits per heavy atom. The summed E-state index contributed by atoms with van der Waals surface area (Å²) in [6.45, 7) is 6.61. The minimum Gasteiger partial charge on any atom is -0.512 e. The number of allylic oxidation sites excluding steroid dienone is 3. The Labute approximate surface area is 198 Å². The van der Waals surface area contributed by atoms with Gasteiger partial charge in [-0.15, -0.1) is 0 Å². The van der Waals surface area contributed by atoms with E-state index in [2.05, 4.69) is 62.2 Å². The molecule has 1 fully saturated rings. The van der Waals surface area contributed by atoms with Crippen LogP contribution in [0.4, 0.5) is 0 Å². The van der Waals surface area contributed by atoms with Gasteiger partial charge in [0.05, 0.1) is 5.57 Å². The Kier molecular flexibility index (Phi) is 7.04. The van der Waals surface area contributed by atoms with Crippen molar-refractivity contribution in [3.05, 3.63) is 70.5 Å². The third kappa shape index (κ3) is 5.39. The van der Waals surface area contributed by atoms with Crippen LogP contribution in [0.2, 0.25) is 0 Å². The second kappa shape index (κ2) is 9.96. The van der Waals surface area contributed by atoms with Crippen molar-refractivity contribution in [2.45, 2.75) is 52.4 Å². The maximum Gasteiger partial charge on any atom is 0.126 e. The molecule has 0 aromatic heterocycles. The van der Waals surface area contributed by atoms with Crippen LogP contribution in [0.5, 0.6) is 0 Å². The Morgan fingerprint density at radius 1 is 1.12 bits per heavy atom. The molecule has 4 N–H and O–H groups in total. The summed E-state index contributed by atoms with van der Waals surface area (Å²) < 4.78 is 0. The number of piperidine rings is 1. The van der Waals surface area contributed by atoms with Gasteiger partial charge >= 0.3 is 0 Å². The number of benzene rings is 2. The van der Waals surface area contributed by atoms with Gasteiger partial charge < -0.3 is 15.7 Å². The molecule has 174 valence electrons. The van der Waals surface area contributed by atoms with Gasteiger partial charge in [-0.25, -0.2) is 0 Å². The van der Waals surface area contributed by atoms with Crippen molar-refractivity contribution in [2.75, 3.05) is 20.1 Å². The highest BCUT2D eigenvalue weighted by Crippen LogP contribution is 2.40. The molecule has 0 saturated carbocycles. The summed E-state index contributed by atoms with van der Waals surface area (Å²) in [5, 5.41) is 19.3. The number of hydrogen-bond donors (Lipinski definition) is 3. The van der Waals surface area contributed by atoms with Crippen molar-refractivity contribution >= 4 is 17.0 Å². The van der Waals surface area contributed by atoms with E-state index in [0.717, 1.165) is 49.4 Å². The average molecular weight is 444 g/mol. The first-order chi connectivity index (χ1) is 15.8. The number of aliphatic hydroxyl groups excluding tert-OH is 1. The van der Waals surface area contributed by atoms with Gasteiger partial charge in [0.2, 0.25) is 0 Å². The minimum absolute atomic E-state index is 0.0610. The third-order valence-corrected chi connectivity index (χ3v) is 7.23. The second-order valence-corrected chi connectivity index (χ2v) is 9.83. The molecule has 4 nitrogen and oxygen atoms in total. The van der Waals surface area contributed by atoms with Gasteiger partial charge in [0, 0.05) is 6.42 Å². The summed E-state index contributed by atoms with van der Waals surface area (Å²) in [6.07, 6.45) is 8.23. The molecule has 2 aromatic rings. The van der Waals surface area contributed by atoms with Gasteiger partial charge in [-0.3, -0.25) is 5.41 Å². The largest absolute Gasteiger partial charge is 0.512 e. The molecule has 0 spiro atoms. The van der Waals surface area contributed by atoms with Crippen LogP contribution < -0.4 is 5.73 Å². The molecule has 1 heterocycles. The number of amidine groups is 1. The maximum absolute atomic E-state index is 11.0. The SMILES string of the molecule is Cc1cccc(C)c1-c1ccc(/C(C(=N)N)=C(\O)CCCC2CCN(C)CC2)c(C2=CC2)c1. The van der Waals surface area contributed by atoms with Gasteiger partial charge in [-0.2, -0.15) is 0 Å². The van der Waals surface area contributed by atoms with Crippen LogP contribution in [0.25, 0.3) is 22.3 Å². The summed E-state index contributed by atoms with van der Waals surface area (Å²) in [7, 11) is 2.18. The second-order valence-electron chi connectivity index (χ2n) is 9.83. The lowest BCUT2D eigenvalue weighted by atomic mass is 9.88. The highest BCUT2D eigenvalue weighted by molar-refractivity contribution is 6.22. The first-order valence-electron chi connectivity index (χ1n) is 12.2. The van der Waals surface area contributed by atoms with Crippen LogP contribution in [-0.2, 0) is 0 Å². The monoisotopic (exact) mass is 443 g/mol. The molecule has 0 amide bonds. The number of nitrogens with zero attached hydrogens (tertiary/aromatic N) is 1. The number of aryl methyl sites for hydroxylation is 2. The van der Waals surface area contributed by atoms with E-state index in [1.807, 2.05) is 6.07 Å². The lowest BCUT2D eigenvalue weighted by Crippen LogP contribution is -2.30. The normalized spacial score (nSPS) is 17.5. The fourth-order valence-electron chi connectivity index (χ4n) is 5.21. The van der Waals surface area contributed by atoms with E-state index >= 15 is 0 Å². The van der Waals surface area contributed by atoms with Crippen molar-refractivity contribution in [3.8, 4) is 11.1 Å². The van der Waals surface area contributed by atoms with Gasteiger partial charge in [-0.05, 0) is 117 Å². The fourth-order valence-corrected chi connectivity index (χ4v) is 5.21. The lowest BCUT2D eigenvalue weighted by Gasteiger charge is -2.28. The van der Waals surface area contributed by atoms with Gasteiger partial charge in [0.15, 0.2) is 0 Å². The predicted octanol–water partition coefficient (Wildman–Crippen LogP) is 6.47. The van der Waals surface area contributed by atoms with E-state index in [9.17, 15) is 5.11 Å². The molecule has 2 aliphatic rings. The van der Waals surface area contributed by atoms with Crippen molar-refractivity contribution in [1.82, 2.24) is 4.90 Å². The van der Waals surface area contributed by atoms with Crippen molar-refractivity contribution in [1.29, 1.82) is 5.41 Å². The van der Waals surface area contributed by atoms with Crippen molar-refractivity contribution in [3.63, 3.8) is 0 Å². The Morgan fingerprint density at radius 2 is 1.79 bits per heavy atom. The molecule has 4 heteroatoms. The van der Waals surface area contributed by atoms with Gasteiger partial charge in [-0.1, -0.05) is 36.4 Å². The number of nitrogens with two attached hydrogens (primary N) is 1.